The summed E-state index contributed by atoms with van der Waals surface area (Å²) in [5, 5.41) is 3.03. The largest absolute Gasteiger partial charge is 0.444 e. The molecule has 0 radical (unpaired) electrons. The molecule has 0 saturated carbocycles. The van der Waals surface area contributed by atoms with Crippen molar-refractivity contribution >= 4 is 11.6 Å². The van der Waals surface area contributed by atoms with Crippen LogP contribution in [0.25, 0.3) is 11.3 Å². The van der Waals surface area contributed by atoms with Gasteiger partial charge in [0.15, 0.2) is 12.2 Å². The van der Waals surface area contributed by atoms with Crippen molar-refractivity contribution in [2.75, 3.05) is 5.32 Å². The van der Waals surface area contributed by atoms with Gasteiger partial charge >= 0.3 is 0 Å². The van der Waals surface area contributed by atoms with Gasteiger partial charge in [-0.3, -0.25) is 4.79 Å². The number of carbonyl (C=O) groups excluding carboxylic acids is 1. The van der Waals surface area contributed by atoms with Crippen LogP contribution in [-0.2, 0) is 6.42 Å². The van der Waals surface area contributed by atoms with E-state index in [-0.39, 0.29) is 5.91 Å². The Morgan fingerprint density at radius 2 is 1.63 bits per heavy atom. The predicted octanol–water partition coefficient (Wildman–Crippen LogP) is 5.18. The van der Waals surface area contributed by atoms with Crippen molar-refractivity contribution in [2.45, 2.75) is 6.42 Å². The molecule has 1 aromatic heterocycles. The molecule has 0 fully saturated rings. The van der Waals surface area contributed by atoms with Crippen molar-refractivity contribution in [3.8, 4) is 11.3 Å². The van der Waals surface area contributed by atoms with E-state index in [0.29, 0.717) is 11.3 Å². The molecule has 3 aromatic carbocycles. The molecule has 0 aliphatic heterocycles. The van der Waals surface area contributed by atoms with Crippen molar-refractivity contribution in [3.63, 3.8) is 0 Å². The lowest BCUT2D eigenvalue weighted by molar-refractivity contribution is 0.102. The zero-order valence-corrected chi connectivity index (χ0v) is 14.6. The third-order valence-corrected chi connectivity index (χ3v) is 4.37. The predicted molar refractivity (Wildman–Crippen MR) is 106 cm³/mol. The Balaban J connectivity index is 1.51. The minimum atomic E-state index is -0.139. The Morgan fingerprint density at radius 3 is 2.37 bits per heavy atom. The van der Waals surface area contributed by atoms with Gasteiger partial charge in [0, 0.05) is 16.8 Å². The average molecular weight is 354 g/mol. The first-order valence-electron chi connectivity index (χ1n) is 8.72. The van der Waals surface area contributed by atoms with Crippen LogP contribution >= 0.6 is 0 Å². The second-order valence-electron chi connectivity index (χ2n) is 6.22. The standard InChI is InChI=1S/C23H18N2O2/c26-23(19-12-10-18(11-13-19)22-15-24-16-27-22)25-21-9-5-4-8-20(21)14-17-6-2-1-3-7-17/h1-13,15-16H,14H2,(H,25,26). The van der Waals surface area contributed by atoms with Crippen LogP contribution in [0.2, 0.25) is 0 Å². The summed E-state index contributed by atoms with van der Waals surface area (Å²) in [6, 6.07) is 25.4. The van der Waals surface area contributed by atoms with Crippen LogP contribution in [0, 0.1) is 0 Å². The van der Waals surface area contributed by atoms with Gasteiger partial charge in [-0.15, -0.1) is 0 Å². The van der Waals surface area contributed by atoms with Gasteiger partial charge in [0.05, 0.1) is 6.20 Å². The van der Waals surface area contributed by atoms with Gasteiger partial charge in [-0.25, -0.2) is 4.98 Å². The first-order chi connectivity index (χ1) is 13.3. The van der Waals surface area contributed by atoms with E-state index in [4.69, 9.17) is 4.42 Å². The highest BCUT2D eigenvalue weighted by molar-refractivity contribution is 6.04. The van der Waals surface area contributed by atoms with Crippen molar-refractivity contribution < 1.29 is 9.21 Å². The van der Waals surface area contributed by atoms with Gasteiger partial charge in [0.1, 0.15) is 0 Å². The van der Waals surface area contributed by atoms with E-state index in [9.17, 15) is 4.79 Å². The van der Waals surface area contributed by atoms with Crippen molar-refractivity contribution in [3.05, 3.63) is 108 Å². The molecule has 0 saturated heterocycles. The van der Waals surface area contributed by atoms with Crippen molar-refractivity contribution in [1.82, 2.24) is 4.98 Å². The normalized spacial score (nSPS) is 10.5. The Kier molecular flexibility index (Phi) is 4.79. The summed E-state index contributed by atoms with van der Waals surface area (Å²) in [6.07, 6.45) is 3.80. The molecule has 4 heteroatoms. The summed E-state index contributed by atoms with van der Waals surface area (Å²) in [7, 11) is 0. The number of benzene rings is 3. The fourth-order valence-corrected chi connectivity index (χ4v) is 2.95. The van der Waals surface area contributed by atoms with E-state index in [2.05, 4.69) is 22.4 Å². The molecule has 1 amide bonds. The van der Waals surface area contributed by atoms with Gasteiger partial charge in [-0.2, -0.15) is 0 Å². The molecule has 1 N–H and O–H groups in total. The van der Waals surface area contributed by atoms with Crippen LogP contribution in [0.5, 0.6) is 0 Å². The van der Waals surface area contributed by atoms with Crippen LogP contribution in [0.4, 0.5) is 5.69 Å². The summed E-state index contributed by atoms with van der Waals surface area (Å²) in [6.45, 7) is 0. The number of nitrogens with zero attached hydrogens (tertiary/aromatic N) is 1. The van der Waals surface area contributed by atoms with Gasteiger partial charge in [-0.05, 0) is 35.7 Å². The first kappa shape index (κ1) is 16.8. The van der Waals surface area contributed by atoms with E-state index >= 15 is 0 Å². The lowest BCUT2D eigenvalue weighted by Gasteiger charge is -2.11. The number of hydrogen-bond acceptors (Lipinski definition) is 3. The molecular weight excluding hydrogens is 336 g/mol. The fourth-order valence-electron chi connectivity index (χ4n) is 2.95. The molecule has 4 rings (SSSR count). The summed E-state index contributed by atoms with van der Waals surface area (Å²) < 4.78 is 5.28. The van der Waals surface area contributed by atoms with Crippen LogP contribution in [0.1, 0.15) is 21.5 Å². The third kappa shape index (κ3) is 3.96. The number of nitrogens with one attached hydrogen (secondary N) is 1. The molecule has 4 nitrogen and oxygen atoms in total. The van der Waals surface area contributed by atoms with Crippen molar-refractivity contribution in [2.24, 2.45) is 0 Å². The molecular formula is C23H18N2O2. The van der Waals surface area contributed by atoms with Gasteiger partial charge < -0.3 is 9.73 Å². The highest BCUT2D eigenvalue weighted by Crippen LogP contribution is 2.22. The number of para-hydroxylation sites is 1. The summed E-state index contributed by atoms with van der Waals surface area (Å²) in [4.78, 5) is 16.6. The van der Waals surface area contributed by atoms with Crippen LogP contribution in [0.3, 0.4) is 0 Å². The van der Waals surface area contributed by atoms with E-state index in [1.165, 1.54) is 12.0 Å². The maximum atomic E-state index is 12.7. The SMILES string of the molecule is O=C(Nc1ccccc1Cc1ccccc1)c1ccc(-c2cnco2)cc1. The zero-order chi connectivity index (χ0) is 18.5. The van der Waals surface area contributed by atoms with E-state index in [1.807, 2.05) is 54.6 Å². The van der Waals surface area contributed by atoms with Gasteiger partial charge in [0.25, 0.3) is 5.91 Å². The van der Waals surface area contributed by atoms with Crippen LogP contribution in [-0.4, -0.2) is 10.9 Å². The lowest BCUT2D eigenvalue weighted by Crippen LogP contribution is -2.13. The molecule has 0 aliphatic carbocycles. The number of aromatic nitrogens is 1. The highest BCUT2D eigenvalue weighted by Gasteiger charge is 2.10. The van der Waals surface area contributed by atoms with E-state index in [1.54, 1.807) is 18.3 Å². The first-order valence-corrected chi connectivity index (χ1v) is 8.72. The summed E-state index contributed by atoms with van der Waals surface area (Å²) in [5.74, 6) is 0.537. The smallest absolute Gasteiger partial charge is 0.255 e. The Labute approximate surface area is 157 Å². The fraction of sp³-hybridized carbons (Fsp3) is 0.0435. The molecule has 0 bridgehead atoms. The van der Waals surface area contributed by atoms with E-state index in [0.717, 1.165) is 23.2 Å². The second-order valence-corrected chi connectivity index (χ2v) is 6.22. The molecule has 0 spiro atoms. The Bertz CT molecular complexity index is 1020. The minimum Gasteiger partial charge on any atom is -0.444 e. The maximum Gasteiger partial charge on any atom is 0.255 e. The van der Waals surface area contributed by atoms with Gasteiger partial charge in [0.2, 0.25) is 0 Å². The molecule has 27 heavy (non-hydrogen) atoms. The number of rotatable bonds is 5. The third-order valence-electron chi connectivity index (χ3n) is 4.37. The number of carbonyl (C=O) groups is 1. The lowest BCUT2D eigenvalue weighted by atomic mass is 10.0. The summed E-state index contributed by atoms with van der Waals surface area (Å²) >= 11 is 0. The van der Waals surface area contributed by atoms with Crippen LogP contribution in [0.15, 0.2) is 95.9 Å². The summed E-state index contributed by atoms with van der Waals surface area (Å²) in [5.41, 5.74) is 4.58. The van der Waals surface area contributed by atoms with Crippen LogP contribution < -0.4 is 5.32 Å². The number of oxazole rings is 1. The number of hydrogen-bond donors (Lipinski definition) is 1. The monoisotopic (exact) mass is 354 g/mol. The zero-order valence-electron chi connectivity index (χ0n) is 14.6. The molecule has 132 valence electrons. The second kappa shape index (κ2) is 7.70. The minimum absolute atomic E-state index is 0.139. The number of anilines is 1. The maximum absolute atomic E-state index is 12.7. The quantitative estimate of drug-likeness (QED) is 0.537. The molecule has 0 aliphatic rings. The topological polar surface area (TPSA) is 55.1 Å². The van der Waals surface area contributed by atoms with Gasteiger partial charge in [-0.1, -0.05) is 60.7 Å². The molecule has 1 heterocycles. The Morgan fingerprint density at radius 1 is 0.889 bits per heavy atom. The van der Waals surface area contributed by atoms with Crippen molar-refractivity contribution in [1.29, 1.82) is 0 Å². The molecule has 4 aromatic rings. The molecule has 0 unspecified atom stereocenters. The number of amides is 1. The Hall–Kier alpha value is -3.66. The average Bonchev–Trinajstić information content (AvgIpc) is 3.25. The highest BCUT2D eigenvalue weighted by atomic mass is 16.3. The van der Waals surface area contributed by atoms with E-state index < -0.39 is 0 Å². The molecule has 0 atom stereocenters.